The Kier molecular flexibility index (Phi) is 8.80. The molecule has 3 unspecified atom stereocenters. The van der Waals surface area contributed by atoms with Crippen LogP contribution in [0, 0.1) is 0 Å². The van der Waals surface area contributed by atoms with Crippen molar-refractivity contribution in [3.8, 4) is 0 Å². The summed E-state index contributed by atoms with van der Waals surface area (Å²) in [4.78, 5) is 54.0. The number of rotatable bonds is 11. The first-order valence-electron chi connectivity index (χ1n) is 13.1. The second-order valence-electron chi connectivity index (χ2n) is 10.0. The molecule has 2 aliphatic heterocycles. The van der Waals surface area contributed by atoms with Crippen LogP contribution in [-0.2, 0) is 32.4 Å². The fraction of sp³-hybridized carbons (Fsp3) is 0.524. The van der Waals surface area contributed by atoms with Crippen molar-refractivity contribution in [1.82, 2.24) is 39.0 Å². The summed E-state index contributed by atoms with van der Waals surface area (Å²) in [6.07, 6.45) is -11.4. The number of fused-ring (bicyclic) bond motifs is 2. The minimum atomic E-state index is -5.27. The molecule has 25 heteroatoms. The Morgan fingerprint density at radius 2 is 1.67 bits per heavy atom. The standard InChI is InChI=1S/C21H24F2N10O11P2/c22-9-7(1-34)42-20(33-5-29-12-17(33)30-21(25)31-18(12)35)14(9)44-46(38,39)41-2-8-10(23)13(40-6-45(36)37)19(43-8)32-4-28-11-15(24)26-3-27-16(11)32/h3-5,7-10,13-14,19-20,34H,1-2,6H2,(H6-,24,25,26,27,30,31,35,36,37,38,39)/p+1/t7-,8-,9+,10+,13?,14+,19-,20-/m1/s1. The number of anilines is 2. The first-order chi connectivity index (χ1) is 21.9. The highest BCUT2D eigenvalue weighted by atomic mass is 31.2. The van der Waals surface area contributed by atoms with E-state index >= 15 is 8.78 Å². The molecular formula is C21H25F2N10O11P2+. The van der Waals surface area contributed by atoms with Crippen molar-refractivity contribution in [2.24, 2.45) is 0 Å². The molecule has 0 saturated carbocycles. The Morgan fingerprint density at radius 1 is 1.02 bits per heavy atom. The number of nitrogens with zero attached hydrogens (tertiary/aromatic N) is 7. The minimum Gasteiger partial charge on any atom is -0.394 e. The number of nitrogen functional groups attached to an aromatic ring is 2. The molecule has 46 heavy (non-hydrogen) atoms. The zero-order valence-electron chi connectivity index (χ0n) is 23.0. The number of aliphatic hydroxyl groups is 1. The van der Waals surface area contributed by atoms with Gasteiger partial charge in [-0.3, -0.25) is 28.0 Å². The molecule has 4 aromatic heterocycles. The number of aromatic amines is 1. The number of hydrogen-bond acceptors (Lipinski definition) is 16. The summed E-state index contributed by atoms with van der Waals surface area (Å²) in [5.74, 6) is -0.309. The van der Waals surface area contributed by atoms with Crippen LogP contribution in [-0.4, -0.2) is 110 Å². The van der Waals surface area contributed by atoms with Crippen molar-refractivity contribution in [3.63, 3.8) is 0 Å². The molecule has 2 saturated heterocycles. The molecule has 6 rings (SSSR count). The van der Waals surface area contributed by atoms with Gasteiger partial charge in [-0.05, 0) is 4.57 Å². The number of nitrogens with one attached hydrogen (secondary N) is 1. The van der Waals surface area contributed by atoms with E-state index in [1.54, 1.807) is 0 Å². The van der Waals surface area contributed by atoms with E-state index in [4.69, 9.17) is 34.7 Å². The minimum absolute atomic E-state index is 0.00578. The van der Waals surface area contributed by atoms with Gasteiger partial charge in [-0.15, -0.1) is 0 Å². The van der Waals surface area contributed by atoms with Gasteiger partial charge in [0.05, 0.1) is 25.9 Å². The number of alkyl halides is 2. The number of imidazole rings is 2. The fourth-order valence-corrected chi connectivity index (χ4v) is 6.32. The number of aromatic nitrogens is 8. The smallest absolute Gasteiger partial charge is 0.394 e. The normalized spacial score (nSPS) is 29.9. The van der Waals surface area contributed by atoms with Crippen LogP contribution >= 0.6 is 15.9 Å². The van der Waals surface area contributed by atoms with Gasteiger partial charge >= 0.3 is 15.9 Å². The van der Waals surface area contributed by atoms with Gasteiger partial charge in [-0.25, -0.2) is 33.3 Å². The average molecular weight is 693 g/mol. The van der Waals surface area contributed by atoms with Crippen LogP contribution in [0.5, 0.6) is 0 Å². The molecule has 21 nitrogen and oxygen atoms in total. The lowest BCUT2D eigenvalue weighted by molar-refractivity contribution is -0.0662. The summed E-state index contributed by atoms with van der Waals surface area (Å²) in [5.41, 5.74) is 10.5. The van der Waals surface area contributed by atoms with Gasteiger partial charge < -0.3 is 35.7 Å². The van der Waals surface area contributed by atoms with E-state index in [2.05, 4.69) is 29.9 Å². The second kappa shape index (κ2) is 12.5. The Labute approximate surface area is 254 Å². The molecule has 10 atom stereocenters. The van der Waals surface area contributed by atoms with Gasteiger partial charge in [0.2, 0.25) is 5.95 Å². The molecule has 2 fully saturated rings. The molecule has 4 aromatic rings. The summed E-state index contributed by atoms with van der Waals surface area (Å²) in [6.45, 7) is -1.82. The molecule has 0 amide bonds. The number of ether oxygens (including phenoxy) is 3. The van der Waals surface area contributed by atoms with Crippen molar-refractivity contribution in [3.05, 3.63) is 29.3 Å². The second-order valence-corrected chi connectivity index (χ2v) is 12.4. The summed E-state index contributed by atoms with van der Waals surface area (Å²) in [5, 5.41) is 9.61. The van der Waals surface area contributed by atoms with Crippen LogP contribution in [0.3, 0.4) is 0 Å². The summed E-state index contributed by atoms with van der Waals surface area (Å²) in [6, 6.07) is 0. The van der Waals surface area contributed by atoms with E-state index in [1.807, 2.05) is 0 Å². The maximum atomic E-state index is 15.7. The topological polar surface area (TPSA) is 300 Å². The molecule has 0 aromatic carbocycles. The molecule has 0 aliphatic carbocycles. The summed E-state index contributed by atoms with van der Waals surface area (Å²) in [7, 11) is -8.12. The Balaban J connectivity index is 1.21. The largest absolute Gasteiger partial charge is 0.534 e. The van der Waals surface area contributed by atoms with Crippen molar-refractivity contribution in [1.29, 1.82) is 0 Å². The number of halogens is 2. The van der Waals surface area contributed by atoms with Crippen LogP contribution in [0.2, 0.25) is 0 Å². The number of phosphoric acid groups is 1. The lowest BCUT2D eigenvalue weighted by Gasteiger charge is -2.24. The van der Waals surface area contributed by atoms with Crippen molar-refractivity contribution >= 4 is 49.9 Å². The van der Waals surface area contributed by atoms with Crippen LogP contribution in [0.4, 0.5) is 20.5 Å². The molecule has 0 radical (unpaired) electrons. The third kappa shape index (κ3) is 5.97. The van der Waals surface area contributed by atoms with Gasteiger partial charge in [0.15, 0.2) is 47.4 Å². The molecule has 8 N–H and O–H groups in total. The highest BCUT2D eigenvalue weighted by Gasteiger charge is 2.52. The van der Waals surface area contributed by atoms with Gasteiger partial charge in [-0.1, -0.05) is 0 Å². The highest BCUT2D eigenvalue weighted by molar-refractivity contribution is 7.47. The lowest BCUT2D eigenvalue weighted by atomic mass is 10.1. The molecule has 6 heterocycles. The summed E-state index contributed by atoms with van der Waals surface area (Å²) >= 11 is 0. The molecule has 248 valence electrons. The lowest BCUT2D eigenvalue weighted by Crippen LogP contribution is -2.33. The molecule has 2 aliphatic rings. The maximum absolute atomic E-state index is 15.7. The third-order valence-electron chi connectivity index (χ3n) is 7.13. The van der Waals surface area contributed by atoms with Gasteiger partial charge in [0.1, 0.15) is 36.3 Å². The predicted octanol–water partition coefficient (Wildman–Crippen LogP) is -0.833. The monoisotopic (exact) mass is 693 g/mol. The van der Waals surface area contributed by atoms with Gasteiger partial charge in [0.25, 0.3) is 11.9 Å². The van der Waals surface area contributed by atoms with Crippen LogP contribution in [0.15, 0.2) is 23.8 Å². The Morgan fingerprint density at radius 3 is 2.39 bits per heavy atom. The van der Waals surface area contributed by atoms with E-state index < -0.39 is 90.2 Å². The average Bonchev–Trinajstić information content (AvgIpc) is 3.76. The molecule has 0 spiro atoms. The highest BCUT2D eigenvalue weighted by Crippen LogP contribution is 2.51. The Bertz CT molecular complexity index is 1880. The quantitative estimate of drug-likeness (QED) is 0.104. The maximum Gasteiger partial charge on any atom is 0.534 e. The Hall–Kier alpha value is -3.63. The molecule has 0 bridgehead atoms. The number of aliphatic hydroxyl groups excluding tert-OH is 1. The first-order valence-corrected chi connectivity index (χ1v) is 16.0. The van der Waals surface area contributed by atoms with Crippen molar-refractivity contribution < 1.29 is 56.1 Å². The number of H-pyrrole nitrogens is 1. The third-order valence-corrected chi connectivity index (χ3v) is 8.48. The van der Waals surface area contributed by atoms with E-state index in [9.17, 15) is 28.8 Å². The van der Waals surface area contributed by atoms with E-state index in [-0.39, 0.29) is 34.1 Å². The van der Waals surface area contributed by atoms with Crippen LogP contribution in [0.25, 0.3) is 22.3 Å². The van der Waals surface area contributed by atoms with Crippen LogP contribution < -0.4 is 17.0 Å². The van der Waals surface area contributed by atoms with Gasteiger partial charge in [-0.2, -0.15) is 9.88 Å². The van der Waals surface area contributed by atoms with E-state index in [0.29, 0.717) is 0 Å². The zero-order valence-corrected chi connectivity index (χ0v) is 24.8. The first kappa shape index (κ1) is 32.3. The predicted molar refractivity (Wildman–Crippen MR) is 147 cm³/mol. The number of phosphoric ester groups is 1. The SMILES string of the molecule is Nc1nc2c(ncn2[C@@H]2O[C@H](CO)[C@H](F)[C@@H]2OP(=O)(O)OC[C@H]2O[C@@H](n3cnc4c(N)ncnc43)C(OC[P+](=O)O)[C@H]2F)c(=O)[nH]1. The van der Waals surface area contributed by atoms with Crippen molar-refractivity contribution in [2.45, 2.75) is 49.2 Å². The zero-order chi connectivity index (χ0) is 32.9. The number of nitrogens with two attached hydrogens (primary N) is 2. The number of hydrogen-bond donors (Lipinski definition) is 6. The van der Waals surface area contributed by atoms with Crippen molar-refractivity contribution in [2.75, 3.05) is 31.0 Å². The van der Waals surface area contributed by atoms with Gasteiger partial charge in [0, 0.05) is 0 Å². The fourth-order valence-electron chi connectivity index (χ4n) is 5.10. The van der Waals surface area contributed by atoms with E-state index in [0.717, 1.165) is 17.2 Å². The van der Waals surface area contributed by atoms with E-state index in [1.165, 1.54) is 10.9 Å². The summed E-state index contributed by atoms with van der Waals surface area (Å²) < 4.78 is 84.2. The van der Waals surface area contributed by atoms with Crippen LogP contribution in [0.1, 0.15) is 12.5 Å². The molecular weight excluding hydrogens is 668 g/mol.